The van der Waals surface area contributed by atoms with Crippen molar-refractivity contribution in [2.45, 2.75) is 39.3 Å². The second-order valence-electron chi connectivity index (χ2n) is 7.81. The van der Waals surface area contributed by atoms with Gasteiger partial charge >= 0.3 is 0 Å². The number of thiophene rings is 1. The summed E-state index contributed by atoms with van der Waals surface area (Å²) in [7, 11) is 3.36. The average molecular weight is 412 g/mol. The van der Waals surface area contributed by atoms with Crippen LogP contribution in [0.15, 0.2) is 35.4 Å². The standard InChI is InChI=1S/C22H25N3O3S/c1-14-7-8-17-18(9-14)29-21-20(17)22(27)25(13-23-21)12-19(26)24(2)11-15-5-4-6-16(10-15)28-3/h4-6,10,13-14H,7-9,11-12H2,1-3H3. The number of fused-ring (bicyclic) bond motifs is 3. The first-order chi connectivity index (χ1) is 14.0. The van der Waals surface area contributed by atoms with Gasteiger partial charge in [0, 0.05) is 18.5 Å². The van der Waals surface area contributed by atoms with Crippen LogP contribution in [0.2, 0.25) is 0 Å². The number of aryl methyl sites for hydroxylation is 1. The number of rotatable bonds is 5. The molecule has 4 rings (SSSR count). The molecule has 1 aromatic carbocycles. The maximum atomic E-state index is 13.1. The van der Waals surface area contributed by atoms with Crippen LogP contribution in [0.1, 0.15) is 29.3 Å². The number of aromatic nitrogens is 2. The Kier molecular flexibility index (Phi) is 5.41. The Morgan fingerprint density at radius 2 is 2.24 bits per heavy atom. The lowest BCUT2D eigenvalue weighted by atomic mass is 9.89. The number of ether oxygens (including phenoxy) is 1. The van der Waals surface area contributed by atoms with E-state index in [1.165, 1.54) is 15.8 Å². The molecule has 7 heteroatoms. The number of hydrogen-bond acceptors (Lipinski definition) is 5. The fourth-order valence-corrected chi connectivity index (χ4v) is 5.22. The molecule has 0 spiro atoms. The third-order valence-corrected chi connectivity index (χ3v) is 6.73. The van der Waals surface area contributed by atoms with Gasteiger partial charge in [0.15, 0.2) is 0 Å². The summed E-state index contributed by atoms with van der Waals surface area (Å²) < 4.78 is 6.68. The lowest BCUT2D eigenvalue weighted by molar-refractivity contribution is -0.131. The summed E-state index contributed by atoms with van der Waals surface area (Å²) in [4.78, 5) is 34.0. The summed E-state index contributed by atoms with van der Waals surface area (Å²) in [6.45, 7) is 2.69. The summed E-state index contributed by atoms with van der Waals surface area (Å²) in [6.07, 6.45) is 4.53. The van der Waals surface area contributed by atoms with Crippen LogP contribution in [-0.2, 0) is 30.7 Å². The highest BCUT2D eigenvalue weighted by Gasteiger charge is 2.23. The molecule has 0 radical (unpaired) electrons. The minimum atomic E-state index is -0.131. The van der Waals surface area contributed by atoms with Crippen LogP contribution in [0.5, 0.6) is 5.75 Å². The van der Waals surface area contributed by atoms with Gasteiger partial charge < -0.3 is 9.64 Å². The van der Waals surface area contributed by atoms with E-state index in [0.29, 0.717) is 17.8 Å². The van der Waals surface area contributed by atoms with Gasteiger partial charge in [0.25, 0.3) is 5.56 Å². The zero-order valence-corrected chi connectivity index (χ0v) is 17.8. The van der Waals surface area contributed by atoms with Gasteiger partial charge in [-0.05, 0) is 48.4 Å². The lowest BCUT2D eigenvalue weighted by Crippen LogP contribution is -2.33. The van der Waals surface area contributed by atoms with Gasteiger partial charge in [0.2, 0.25) is 5.91 Å². The first kappa shape index (κ1) is 19.6. The Balaban J connectivity index is 1.55. The van der Waals surface area contributed by atoms with E-state index in [2.05, 4.69) is 11.9 Å². The van der Waals surface area contributed by atoms with E-state index >= 15 is 0 Å². The first-order valence-corrected chi connectivity index (χ1v) is 10.6. The molecule has 1 amide bonds. The molecule has 1 unspecified atom stereocenters. The number of benzene rings is 1. The Morgan fingerprint density at radius 1 is 1.41 bits per heavy atom. The minimum absolute atomic E-state index is 0.0107. The fourth-order valence-electron chi connectivity index (χ4n) is 3.88. The van der Waals surface area contributed by atoms with Gasteiger partial charge in [-0.3, -0.25) is 14.2 Å². The van der Waals surface area contributed by atoms with Crippen molar-refractivity contribution >= 4 is 27.5 Å². The van der Waals surface area contributed by atoms with E-state index in [1.807, 2.05) is 24.3 Å². The van der Waals surface area contributed by atoms with Gasteiger partial charge in [-0.1, -0.05) is 19.1 Å². The molecule has 2 heterocycles. The molecule has 0 bridgehead atoms. The molecular formula is C22H25N3O3S. The Hall–Kier alpha value is -2.67. The highest BCUT2D eigenvalue weighted by Crippen LogP contribution is 2.35. The average Bonchev–Trinajstić information content (AvgIpc) is 3.08. The van der Waals surface area contributed by atoms with Crippen LogP contribution in [0, 0.1) is 5.92 Å². The summed E-state index contributed by atoms with van der Waals surface area (Å²) in [5.41, 5.74) is 2.01. The second kappa shape index (κ2) is 7.99. The molecule has 1 aliphatic rings. The highest BCUT2D eigenvalue weighted by atomic mass is 32.1. The Labute approximate surface area is 173 Å². The molecule has 0 N–H and O–H groups in total. The van der Waals surface area contributed by atoms with Crippen LogP contribution in [0.4, 0.5) is 0 Å². The molecule has 152 valence electrons. The van der Waals surface area contributed by atoms with Gasteiger partial charge in [-0.15, -0.1) is 11.3 Å². The van der Waals surface area contributed by atoms with E-state index in [9.17, 15) is 9.59 Å². The molecular weight excluding hydrogens is 386 g/mol. The van der Waals surface area contributed by atoms with Crippen LogP contribution < -0.4 is 10.3 Å². The molecule has 29 heavy (non-hydrogen) atoms. The number of methoxy groups -OCH3 is 1. The smallest absolute Gasteiger partial charge is 0.262 e. The van der Waals surface area contributed by atoms with Crippen molar-refractivity contribution in [1.82, 2.24) is 14.5 Å². The zero-order chi connectivity index (χ0) is 20.5. The third kappa shape index (κ3) is 3.92. The molecule has 0 aliphatic heterocycles. The highest BCUT2D eigenvalue weighted by molar-refractivity contribution is 7.18. The number of carbonyl (C=O) groups excluding carboxylic acids is 1. The summed E-state index contributed by atoms with van der Waals surface area (Å²) >= 11 is 1.63. The van der Waals surface area contributed by atoms with Crippen molar-refractivity contribution in [3.8, 4) is 5.75 Å². The van der Waals surface area contributed by atoms with Gasteiger partial charge in [-0.2, -0.15) is 0 Å². The maximum Gasteiger partial charge on any atom is 0.262 e. The Morgan fingerprint density at radius 3 is 3.03 bits per heavy atom. The van der Waals surface area contributed by atoms with Gasteiger partial charge in [-0.25, -0.2) is 4.98 Å². The molecule has 1 atom stereocenters. The predicted molar refractivity (Wildman–Crippen MR) is 115 cm³/mol. The molecule has 0 fully saturated rings. The maximum absolute atomic E-state index is 13.1. The molecule has 0 saturated carbocycles. The van der Waals surface area contributed by atoms with E-state index in [-0.39, 0.29) is 18.0 Å². The molecule has 0 saturated heterocycles. The van der Waals surface area contributed by atoms with Crippen molar-refractivity contribution in [1.29, 1.82) is 0 Å². The van der Waals surface area contributed by atoms with Crippen LogP contribution >= 0.6 is 11.3 Å². The van der Waals surface area contributed by atoms with E-state index in [4.69, 9.17) is 4.74 Å². The van der Waals surface area contributed by atoms with E-state index in [0.717, 1.165) is 41.0 Å². The van der Waals surface area contributed by atoms with Crippen molar-refractivity contribution in [2.24, 2.45) is 5.92 Å². The summed E-state index contributed by atoms with van der Waals surface area (Å²) in [5, 5.41) is 0.711. The normalized spacial score (nSPS) is 15.9. The molecule has 1 aliphatic carbocycles. The van der Waals surface area contributed by atoms with Crippen molar-refractivity contribution in [3.63, 3.8) is 0 Å². The fraction of sp³-hybridized carbons (Fsp3) is 0.409. The van der Waals surface area contributed by atoms with Crippen LogP contribution in [-0.4, -0.2) is 34.5 Å². The quantitative estimate of drug-likeness (QED) is 0.647. The molecule has 2 aromatic heterocycles. The predicted octanol–water partition coefficient (Wildman–Crippen LogP) is 3.25. The molecule has 3 aromatic rings. The second-order valence-corrected chi connectivity index (χ2v) is 8.89. The van der Waals surface area contributed by atoms with E-state index < -0.39 is 0 Å². The SMILES string of the molecule is COc1cccc(CN(C)C(=O)Cn2cnc3sc4c(c3c2=O)CCC(C)C4)c1. The zero-order valence-electron chi connectivity index (χ0n) is 17.0. The number of carbonyl (C=O) groups is 1. The van der Waals surface area contributed by atoms with E-state index in [1.54, 1.807) is 30.4 Å². The third-order valence-electron chi connectivity index (χ3n) is 5.57. The molecule has 6 nitrogen and oxygen atoms in total. The minimum Gasteiger partial charge on any atom is -0.497 e. The topological polar surface area (TPSA) is 64.4 Å². The van der Waals surface area contributed by atoms with Gasteiger partial charge in [0.05, 0.1) is 18.8 Å². The van der Waals surface area contributed by atoms with Crippen molar-refractivity contribution < 1.29 is 9.53 Å². The lowest BCUT2D eigenvalue weighted by Gasteiger charge is -2.19. The number of nitrogens with zero attached hydrogens (tertiary/aromatic N) is 3. The van der Waals surface area contributed by atoms with Crippen LogP contribution in [0.3, 0.4) is 0 Å². The summed E-state index contributed by atoms with van der Waals surface area (Å²) in [5.74, 6) is 1.27. The Bertz CT molecular complexity index is 1120. The van der Waals surface area contributed by atoms with Crippen LogP contribution in [0.25, 0.3) is 10.2 Å². The van der Waals surface area contributed by atoms with Crippen molar-refractivity contribution in [2.75, 3.05) is 14.2 Å². The van der Waals surface area contributed by atoms with Crippen molar-refractivity contribution in [3.05, 3.63) is 57.0 Å². The summed E-state index contributed by atoms with van der Waals surface area (Å²) in [6, 6.07) is 7.62. The van der Waals surface area contributed by atoms with Gasteiger partial charge in [0.1, 0.15) is 17.1 Å². The number of amides is 1. The number of likely N-dealkylation sites (N-methyl/N-ethyl adjacent to an activating group) is 1. The number of hydrogen-bond donors (Lipinski definition) is 0. The first-order valence-electron chi connectivity index (χ1n) is 9.83. The monoisotopic (exact) mass is 411 g/mol. The largest absolute Gasteiger partial charge is 0.497 e.